The van der Waals surface area contributed by atoms with Crippen LogP contribution in [-0.2, 0) is 9.59 Å². The number of nitrogens with one attached hydrogen (secondary N) is 1. The standard InChI is InChI=1S/C20H25N3O3/c1-4-23(15-20(25)22(2)17-10-6-5-7-11-17)14-19(24)21-16-9-8-12-18(13-16)26-3/h5-13H,4,14-15H2,1-3H3,(H,21,24). The first kappa shape index (κ1) is 19.5. The van der Waals surface area contributed by atoms with Crippen LogP contribution in [0.4, 0.5) is 11.4 Å². The predicted molar refractivity (Wildman–Crippen MR) is 104 cm³/mol. The number of amides is 2. The van der Waals surface area contributed by atoms with Crippen molar-refractivity contribution in [3.05, 3.63) is 54.6 Å². The highest BCUT2D eigenvalue weighted by Gasteiger charge is 2.17. The van der Waals surface area contributed by atoms with Crippen LogP contribution in [0.3, 0.4) is 0 Å². The van der Waals surface area contributed by atoms with E-state index in [0.29, 0.717) is 18.0 Å². The van der Waals surface area contributed by atoms with Crippen LogP contribution >= 0.6 is 0 Å². The number of ether oxygens (including phenoxy) is 1. The first-order valence-corrected chi connectivity index (χ1v) is 8.51. The summed E-state index contributed by atoms with van der Waals surface area (Å²) in [5.74, 6) is 0.442. The van der Waals surface area contributed by atoms with Crippen molar-refractivity contribution in [1.82, 2.24) is 4.90 Å². The molecule has 0 aliphatic carbocycles. The van der Waals surface area contributed by atoms with Crippen LogP contribution < -0.4 is 15.0 Å². The predicted octanol–water partition coefficient (Wildman–Crippen LogP) is 2.62. The Morgan fingerprint density at radius 1 is 1.04 bits per heavy atom. The summed E-state index contributed by atoms with van der Waals surface area (Å²) < 4.78 is 5.15. The van der Waals surface area contributed by atoms with Gasteiger partial charge in [-0.1, -0.05) is 31.2 Å². The van der Waals surface area contributed by atoms with Gasteiger partial charge in [0, 0.05) is 24.5 Å². The van der Waals surface area contributed by atoms with Crippen LogP contribution in [-0.4, -0.2) is 50.5 Å². The number of hydrogen-bond donors (Lipinski definition) is 1. The summed E-state index contributed by atoms with van der Waals surface area (Å²) in [7, 11) is 3.32. The molecule has 0 aliphatic heterocycles. The minimum Gasteiger partial charge on any atom is -0.497 e. The Bertz CT molecular complexity index is 734. The van der Waals surface area contributed by atoms with E-state index in [4.69, 9.17) is 4.74 Å². The molecule has 2 rings (SSSR count). The van der Waals surface area contributed by atoms with Gasteiger partial charge in [-0.05, 0) is 30.8 Å². The Hall–Kier alpha value is -2.86. The molecule has 0 aliphatic rings. The van der Waals surface area contributed by atoms with Gasteiger partial charge in [-0.2, -0.15) is 0 Å². The molecule has 2 aromatic rings. The van der Waals surface area contributed by atoms with E-state index < -0.39 is 0 Å². The highest BCUT2D eigenvalue weighted by molar-refractivity contribution is 5.95. The Balaban J connectivity index is 1.91. The molecule has 0 aromatic heterocycles. The Labute approximate surface area is 154 Å². The van der Waals surface area contributed by atoms with E-state index >= 15 is 0 Å². The largest absolute Gasteiger partial charge is 0.497 e. The van der Waals surface area contributed by atoms with Crippen molar-refractivity contribution in [2.24, 2.45) is 0 Å². The number of hydrogen-bond acceptors (Lipinski definition) is 4. The Morgan fingerprint density at radius 2 is 1.77 bits per heavy atom. The summed E-state index contributed by atoms with van der Waals surface area (Å²) in [6.07, 6.45) is 0. The van der Waals surface area contributed by atoms with E-state index in [9.17, 15) is 9.59 Å². The lowest BCUT2D eigenvalue weighted by molar-refractivity contribution is -0.121. The van der Waals surface area contributed by atoms with Gasteiger partial charge in [-0.25, -0.2) is 0 Å². The molecule has 138 valence electrons. The minimum absolute atomic E-state index is 0.0627. The number of anilines is 2. The van der Waals surface area contributed by atoms with Gasteiger partial charge in [-0.3, -0.25) is 14.5 Å². The lowest BCUT2D eigenvalue weighted by Crippen LogP contribution is -2.41. The molecule has 0 radical (unpaired) electrons. The lowest BCUT2D eigenvalue weighted by atomic mass is 10.3. The second-order valence-electron chi connectivity index (χ2n) is 5.87. The van der Waals surface area contributed by atoms with Crippen molar-refractivity contribution >= 4 is 23.2 Å². The van der Waals surface area contributed by atoms with Crippen molar-refractivity contribution in [3.8, 4) is 5.75 Å². The van der Waals surface area contributed by atoms with E-state index in [-0.39, 0.29) is 24.9 Å². The van der Waals surface area contributed by atoms with E-state index in [1.807, 2.05) is 49.4 Å². The fourth-order valence-corrected chi connectivity index (χ4v) is 2.48. The van der Waals surface area contributed by atoms with Crippen molar-refractivity contribution < 1.29 is 14.3 Å². The molecule has 0 saturated heterocycles. The summed E-state index contributed by atoms with van der Waals surface area (Å²) in [4.78, 5) is 28.2. The fraction of sp³-hybridized carbons (Fsp3) is 0.300. The van der Waals surface area contributed by atoms with Gasteiger partial charge in [0.25, 0.3) is 0 Å². The van der Waals surface area contributed by atoms with Crippen LogP contribution in [0.1, 0.15) is 6.92 Å². The highest BCUT2D eigenvalue weighted by atomic mass is 16.5. The number of carbonyl (C=O) groups excluding carboxylic acids is 2. The zero-order valence-electron chi connectivity index (χ0n) is 15.4. The van der Waals surface area contributed by atoms with Gasteiger partial charge < -0.3 is 15.0 Å². The van der Waals surface area contributed by atoms with Crippen LogP contribution in [0.15, 0.2) is 54.6 Å². The first-order valence-electron chi connectivity index (χ1n) is 8.51. The average Bonchev–Trinajstić information content (AvgIpc) is 2.67. The Morgan fingerprint density at radius 3 is 2.42 bits per heavy atom. The second-order valence-corrected chi connectivity index (χ2v) is 5.87. The number of nitrogens with zero attached hydrogens (tertiary/aromatic N) is 2. The third-order valence-corrected chi connectivity index (χ3v) is 4.04. The topological polar surface area (TPSA) is 61.9 Å². The summed E-state index contributed by atoms with van der Waals surface area (Å²) in [5.41, 5.74) is 1.49. The van der Waals surface area contributed by atoms with Gasteiger partial charge in [-0.15, -0.1) is 0 Å². The highest BCUT2D eigenvalue weighted by Crippen LogP contribution is 2.16. The quantitative estimate of drug-likeness (QED) is 0.791. The van der Waals surface area contributed by atoms with E-state index in [1.54, 1.807) is 36.1 Å². The maximum Gasteiger partial charge on any atom is 0.240 e. The molecule has 6 nitrogen and oxygen atoms in total. The molecule has 0 bridgehead atoms. The Kier molecular flexibility index (Phi) is 7.17. The smallest absolute Gasteiger partial charge is 0.240 e. The molecule has 26 heavy (non-hydrogen) atoms. The van der Waals surface area contributed by atoms with Gasteiger partial charge in [0.15, 0.2) is 0 Å². The molecule has 2 amide bonds. The summed E-state index contributed by atoms with van der Waals surface area (Å²) in [5, 5.41) is 2.83. The normalized spacial score (nSPS) is 10.5. The van der Waals surface area contributed by atoms with E-state index in [0.717, 1.165) is 5.69 Å². The molecule has 1 N–H and O–H groups in total. The molecular formula is C20H25N3O3. The zero-order chi connectivity index (χ0) is 18.9. The van der Waals surface area contributed by atoms with Crippen molar-refractivity contribution in [2.45, 2.75) is 6.92 Å². The third kappa shape index (κ3) is 5.60. The molecule has 0 saturated carbocycles. The van der Waals surface area contributed by atoms with Crippen LogP contribution in [0.5, 0.6) is 5.75 Å². The van der Waals surface area contributed by atoms with Crippen molar-refractivity contribution in [3.63, 3.8) is 0 Å². The number of methoxy groups -OCH3 is 1. The molecule has 6 heteroatoms. The SMILES string of the molecule is CCN(CC(=O)Nc1cccc(OC)c1)CC(=O)N(C)c1ccccc1. The maximum absolute atomic E-state index is 12.5. The second kappa shape index (κ2) is 9.58. The summed E-state index contributed by atoms with van der Waals surface area (Å²) >= 11 is 0. The van der Waals surface area contributed by atoms with Crippen molar-refractivity contribution in [1.29, 1.82) is 0 Å². The maximum atomic E-state index is 12.5. The van der Waals surface area contributed by atoms with Crippen LogP contribution in [0.25, 0.3) is 0 Å². The number of likely N-dealkylation sites (N-methyl/N-ethyl adjacent to an activating group) is 2. The van der Waals surface area contributed by atoms with Crippen LogP contribution in [0, 0.1) is 0 Å². The number of rotatable bonds is 8. The third-order valence-electron chi connectivity index (χ3n) is 4.04. The zero-order valence-corrected chi connectivity index (χ0v) is 15.4. The molecule has 0 fully saturated rings. The lowest BCUT2D eigenvalue weighted by Gasteiger charge is -2.23. The van der Waals surface area contributed by atoms with Gasteiger partial charge in [0.05, 0.1) is 20.2 Å². The summed E-state index contributed by atoms with van der Waals surface area (Å²) in [6.45, 7) is 2.84. The van der Waals surface area contributed by atoms with Crippen molar-refractivity contribution in [2.75, 3.05) is 44.0 Å². The average molecular weight is 355 g/mol. The molecule has 0 unspecified atom stereocenters. The van der Waals surface area contributed by atoms with Gasteiger partial charge in [0.1, 0.15) is 5.75 Å². The monoisotopic (exact) mass is 355 g/mol. The first-order chi connectivity index (χ1) is 12.5. The number of carbonyl (C=O) groups is 2. The van der Waals surface area contributed by atoms with Gasteiger partial charge in [0.2, 0.25) is 11.8 Å². The molecule has 0 atom stereocenters. The number of benzene rings is 2. The molecule has 2 aromatic carbocycles. The van der Waals surface area contributed by atoms with E-state index in [2.05, 4.69) is 5.32 Å². The molecule has 0 spiro atoms. The van der Waals surface area contributed by atoms with Crippen LogP contribution in [0.2, 0.25) is 0 Å². The minimum atomic E-state index is -0.171. The number of para-hydroxylation sites is 1. The summed E-state index contributed by atoms with van der Waals surface area (Å²) in [6, 6.07) is 16.6. The fourth-order valence-electron chi connectivity index (χ4n) is 2.48. The molecule has 0 heterocycles. The van der Waals surface area contributed by atoms with Gasteiger partial charge >= 0.3 is 0 Å². The van der Waals surface area contributed by atoms with E-state index in [1.165, 1.54) is 0 Å². The molecular weight excluding hydrogens is 330 g/mol.